The third-order valence-corrected chi connectivity index (χ3v) is 3.10. The summed E-state index contributed by atoms with van der Waals surface area (Å²) >= 11 is 0. The highest BCUT2D eigenvalue weighted by atomic mass is 16.3. The SMILES string of the molecule is C[C@@H]1CN(C(C)(C)C)CCN1CCO. The van der Waals surface area contributed by atoms with E-state index in [1.807, 2.05) is 0 Å². The predicted molar refractivity (Wildman–Crippen MR) is 59.4 cm³/mol. The fraction of sp³-hybridized carbons (Fsp3) is 1.00. The maximum Gasteiger partial charge on any atom is 0.0558 e. The number of β-amino-alcohol motifs (C(OH)–C–C–N with tert-alkyl or cyclic N) is 1. The van der Waals surface area contributed by atoms with Gasteiger partial charge in [-0.1, -0.05) is 0 Å². The first kappa shape index (κ1) is 12.0. The second-order valence-corrected chi connectivity index (χ2v) is 5.23. The van der Waals surface area contributed by atoms with Gasteiger partial charge in [-0.05, 0) is 27.7 Å². The zero-order chi connectivity index (χ0) is 10.8. The molecule has 0 amide bonds. The molecule has 0 radical (unpaired) electrons. The molecule has 14 heavy (non-hydrogen) atoms. The van der Waals surface area contributed by atoms with Gasteiger partial charge in [0.25, 0.3) is 0 Å². The average Bonchev–Trinajstić information content (AvgIpc) is 2.07. The summed E-state index contributed by atoms with van der Waals surface area (Å²) in [5.74, 6) is 0. The van der Waals surface area contributed by atoms with Crippen LogP contribution in [0.2, 0.25) is 0 Å². The van der Waals surface area contributed by atoms with E-state index in [2.05, 4.69) is 37.5 Å². The highest BCUT2D eigenvalue weighted by molar-refractivity contribution is 4.85. The lowest BCUT2D eigenvalue weighted by atomic mass is 10.0. The normalized spacial score (nSPS) is 26.8. The van der Waals surface area contributed by atoms with Crippen LogP contribution in [0.4, 0.5) is 0 Å². The van der Waals surface area contributed by atoms with Crippen LogP contribution in [0.1, 0.15) is 27.7 Å². The van der Waals surface area contributed by atoms with Crippen LogP contribution in [0, 0.1) is 0 Å². The number of aliphatic hydroxyl groups excluding tert-OH is 1. The fourth-order valence-corrected chi connectivity index (χ4v) is 2.07. The van der Waals surface area contributed by atoms with Crippen LogP contribution >= 0.6 is 0 Å². The Labute approximate surface area is 87.7 Å². The first-order valence-electron chi connectivity index (χ1n) is 5.55. The van der Waals surface area contributed by atoms with Crippen molar-refractivity contribution in [3.05, 3.63) is 0 Å². The molecule has 0 spiro atoms. The molecule has 0 saturated carbocycles. The van der Waals surface area contributed by atoms with Crippen molar-refractivity contribution in [3.63, 3.8) is 0 Å². The van der Waals surface area contributed by atoms with Crippen LogP contribution in [0.15, 0.2) is 0 Å². The number of hydrogen-bond acceptors (Lipinski definition) is 3. The van der Waals surface area contributed by atoms with Crippen LogP contribution in [-0.4, -0.2) is 59.3 Å². The van der Waals surface area contributed by atoms with E-state index < -0.39 is 0 Å². The number of hydrogen-bond donors (Lipinski definition) is 1. The van der Waals surface area contributed by atoms with E-state index in [0.29, 0.717) is 6.04 Å². The van der Waals surface area contributed by atoms with Crippen LogP contribution in [0.25, 0.3) is 0 Å². The molecule has 0 aromatic rings. The molecule has 1 saturated heterocycles. The Bertz CT molecular complexity index is 177. The molecule has 1 N–H and O–H groups in total. The van der Waals surface area contributed by atoms with Crippen LogP contribution in [0.5, 0.6) is 0 Å². The van der Waals surface area contributed by atoms with E-state index in [0.717, 1.165) is 26.2 Å². The van der Waals surface area contributed by atoms with Crippen molar-refractivity contribution in [1.82, 2.24) is 9.80 Å². The van der Waals surface area contributed by atoms with E-state index in [1.165, 1.54) is 0 Å². The Kier molecular flexibility index (Phi) is 3.93. The zero-order valence-electron chi connectivity index (χ0n) is 9.95. The van der Waals surface area contributed by atoms with Crippen molar-refractivity contribution in [1.29, 1.82) is 0 Å². The summed E-state index contributed by atoms with van der Waals surface area (Å²) in [6.07, 6.45) is 0. The molecule has 3 heteroatoms. The van der Waals surface area contributed by atoms with Crippen molar-refractivity contribution in [2.75, 3.05) is 32.8 Å². The van der Waals surface area contributed by atoms with Gasteiger partial charge in [-0.2, -0.15) is 0 Å². The lowest BCUT2D eigenvalue weighted by Crippen LogP contribution is -2.57. The van der Waals surface area contributed by atoms with Gasteiger partial charge in [-0.25, -0.2) is 0 Å². The van der Waals surface area contributed by atoms with E-state index in [4.69, 9.17) is 5.11 Å². The van der Waals surface area contributed by atoms with E-state index >= 15 is 0 Å². The van der Waals surface area contributed by atoms with Gasteiger partial charge in [0.05, 0.1) is 6.61 Å². The van der Waals surface area contributed by atoms with Crippen molar-refractivity contribution < 1.29 is 5.11 Å². The minimum Gasteiger partial charge on any atom is -0.395 e. The van der Waals surface area contributed by atoms with Crippen LogP contribution in [-0.2, 0) is 0 Å². The molecule has 1 atom stereocenters. The molecule has 0 bridgehead atoms. The van der Waals surface area contributed by atoms with Gasteiger partial charge in [-0.15, -0.1) is 0 Å². The number of rotatable bonds is 2. The summed E-state index contributed by atoms with van der Waals surface area (Å²) in [5.41, 5.74) is 0.277. The Morgan fingerprint density at radius 1 is 1.29 bits per heavy atom. The number of aliphatic hydroxyl groups is 1. The standard InChI is InChI=1S/C11H24N2O/c1-10-9-13(11(2,3)4)6-5-12(10)7-8-14/h10,14H,5-9H2,1-4H3/t10-/m1/s1. The zero-order valence-corrected chi connectivity index (χ0v) is 9.95. The first-order valence-corrected chi connectivity index (χ1v) is 5.55. The molecule has 1 fully saturated rings. The summed E-state index contributed by atoms with van der Waals surface area (Å²) in [5, 5.41) is 8.91. The second kappa shape index (κ2) is 4.60. The molecule has 0 aliphatic carbocycles. The average molecular weight is 200 g/mol. The third-order valence-electron chi connectivity index (χ3n) is 3.10. The van der Waals surface area contributed by atoms with Gasteiger partial charge in [0.15, 0.2) is 0 Å². The maximum atomic E-state index is 8.91. The van der Waals surface area contributed by atoms with E-state index in [1.54, 1.807) is 0 Å². The Balaban J connectivity index is 2.46. The smallest absolute Gasteiger partial charge is 0.0558 e. The quantitative estimate of drug-likeness (QED) is 0.714. The van der Waals surface area contributed by atoms with Gasteiger partial charge < -0.3 is 5.11 Å². The summed E-state index contributed by atoms with van der Waals surface area (Å²) in [7, 11) is 0. The predicted octanol–water partition coefficient (Wildman–Crippen LogP) is 0.783. The van der Waals surface area contributed by atoms with Crippen molar-refractivity contribution >= 4 is 0 Å². The second-order valence-electron chi connectivity index (χ2n) is 5.23. The third kappa shape index (κ3) is 2.94. The summed E-state index contributed by atoms with van der Waals surface area (Å²) < 4.78 is 0. The van der Waals surface area contributed by atoms with E-state index in [9.17, 15) is 0 Å². The number of nitrogens with zero attached hydrogens (tertiary/aromatic N) is 2. The van der Waals surface area contributed by atoms with E-state index in [-0.39, 0.29) is 12.1 Å². The largest absolute Gasteiger partial charge is 0.395 e. The van der Waals surface area contributed by atoms with Crippen molar-refractivity contribution in [2.24, 2.45) is 0 Å². The molecule has 0 aromatic heterocycles. The molecule has 1 rings (SSSR count). The number of piperazine rings is 1. The summed E-state index contributed by atoms with van der Waals surface area (Å²) in [6.45, 7) is 13.5. The highest BCUT2D eigenvalue weighted by Crippen LogP contribution is 2.18. The molecule has 1 aliphatic heterocycles. The van der Waals surface area contributed by atoms with Gasteiger partial charge in [0.1, 0.15) is 0 Å². The van der Waals surface area contributed by atoms with Gasteiger partial charge >= 0.3 is 0 Å². The van der Waals surface area contributed by atoms with Crippen molar-refractivity contribution in [2.45, 2.75) is 39.3 Å². The molecule has 1 aliphatic rings. The van der Waals surface area contributed by atoms with Gasteiger partial charge in [0.2, 0.25) is 0 Å². The summed E-state index contributed by atoms with van der Waals surface area (Å²) in [4.78, 5) is 4.88. The Morgan fingerprint density at radius 2 is 1.93 bits per heavy atom. The lowest BCUT2D eigenvalue weighted by Gasteiger charge is -2.45. The summed E-state index contributed by atoms with van der Waals surface area (Å²) in [6, 6.07) is 0.565. The van der Waals surface area contributed by atoms with Crippen molar-refractivity contribution in [3.8, 4) is 0 Å². The molecular formula is C11H24N2O. The van der Waals surface area contributed by atoms with Crippen LogP contribution < -0.4 is 0 Å². The van der Waals surface area contributed by atoms with Crippen LogP contribution in [0.3, 0.4) is 0 Å². The maximum absolute atomic E-state index is 8.91. The monoisotopic (exact) mass is 200 g/mol. The molecule has 84 valence electrons. The molecular weight excluding hydrogens is 176 g/mol. The fourth-order valence-electron chi connectivity index (χ4n) is 2.07. The first-order chi connectivity index (χ1) is 6.45. The topological polar surface area (TPSA) is 26.7 Å². The molecule has 0 unspecified atom stereocenters. The van der Waals surface area contributed by atoms with Gasteiger partial charge in [-0.3, -0.25) is 9.80 Å². The minimum atomic E-state index is 0.277. The Hall–Kier alpha value is -0.120. The van der Waals surface area contributed by atoms with Gasteiger partial charge in [0, 0.05) is 37.8 Å². The molecule has 1 heterocycles. The highest BCUT2D eigenvalue weighted by Gasteiger charge is 2.29. The minimum absolute atomic E-state index is 0.277. The molecule has 0 aromatic carbocycles. The lowest BCUT2D eigenvalue weighted by molar-refractivity contribution is 0.0213. The molecule has 3 nitrogen and oxygen atoms in total. The Morgan fingerprint density at radius 3 is 2.36 bits per heavy atom.